The molecule has 1 aromatic carbocycles. The summed E-state index contributed by atoms with van der Waals surface area (Å²) in [6, 6.07) is 7.74. The lowest BCUT2D eigenvalue weighted by molar-refractivity contribution is 0.231. The fourth-order valence-electron chi connectivity index (χ4n) is 3.90. The van der Waals surface area contributed by atoms with Crippen LogP contribution in [0.15, 0.2) is 23.1 Å². The predicted octanol–water partition coefficient (Wildman–Crippen LogP) is 2.79. The monoisotopic (exact) mass is 260 g/mol. The molecule has 3 aliphatic heterocycles. The number of rotatable bonds is 0. The number of benzene rings is 1. The van der Waals surface area contributed by atoms with Gasteiger partial charge in [-0.05, 0) is 43.8 Å². The predicted molar refractivity (Wildman–Crippen MR) is 77.8 cm³/mol. The Balaban J connectivity index is 1.84. The summed E-state index contributed by atoms with van der Waals surface area (Å²) >= 11 is 2.06. The summed E-state index contributed by atoms with van der Waals surface area (Å²) in [4.78, 5) is 6.77. The van der Waals surface area contributed by atoms with Crippen LogP contribution in [-0.2, 0) is 0 Å². The molecule has 3 heterocycles. The summed E-state index contributed by atoms with van der Waals surface area (Å²) in [5, 5.41) is 0. The Hall–Kier alpha value is -0.670. The van der Waals surface area contributed by atoms with Crippen LogP contribution < -0.4 is 4.90 Å². The maximum atomic E-state index is 2.74. The molecule has 96 valence electrons. The van der Waals surface area contributed by atoms with Gasteiger partial charge in [-0.25, -0.2) is 0 Å². The Morgan fingerprint density at radius 2 is 2.22 bits per heavy atom. The topological polar surface area (TPSA) is 6.48 Å². The molecule has 0 amide bonds. The summed E-state index contributed by atoms with van der Waals surface area (Å²) in [5.74, 6) is 2.03. The third kappa shape index (κ3) is 1.53. The molecule has 0 spiro atoms. The Labute approximate surface area is 113 Å². The molecule has 18 heavy (non-hydrogen) atoms. The van der Waals surface area contributed by atoms with Gasteiger partial charge in [0.15, 0.2) is 0 Å². The molecule has 0 unspecified atom stereocenters. The summed E-state index contributed by atoms with van der Waals surface area (Å²) < 4.78 is 0. The van der Waals surface area contributed by atoms with Gasteiger partial charge in [0.2, 0.25) is 0 Å². The fourth-order valence-corrected chi connectivity index (χ4v) is 4.94. The highest BCUT2D eigenvalue weighted by atomic mass is 32.2. The second kappa shape index (κ2) is 4.17. The van der Waals surface area contributed by atoms with Crippen molar-refractivity contribution in [2.24, 2.45) is 0 Å². The van der Waals surface area contributed by atoms with Crippen molar-refractivity contribution >= 4 is 17.4 Å². The van der Waals surface area contributed by atoms with E-state index in [1.807, 2.05) is 0 Å². The van der Waals surface area contributed by atoms with Crippen molar-refractivity contribution in [3.05, 3.63) is 23.8 Å². The first-order valence-corrected chi connectivity index (χ1v) is 8.04. The van der Waals surface area contributed by atoms with Crippen LogP contribution in [-0.4, -0.2) is 43.4 Å². The van der Waals surface area contributed by atoms with Crippen molar-refractivity contribution in [2.45, 2.75) is 29.7 Å². The molecule has 0 radical (unpaired) electrons. The highest BCUT2D eigenvalue weighted by molar-refractivity contribution is 7.99. The molecule has 0 saturated carbocycles. The molecule has 1 aromatic rings. The first-order valence-electron chi connectivity index (χ1n) is 7.05. The van der Waals surface area contributed by atoms with E-state index in [9.17, 15) is 0 Å². The van der Waals surface area contributed by atoms with E-state index in [1.54, 1.807) is 11.3 Å². The lowest BCUT2D eigenvalue weighted by Crippen LogP contribution is -2.45. The average Bonchev–Trinajstić information content (AvgIpc) is 2.56. The van der Waals surface area contributed by atoms with Crippen LogP contribution in [0.5, 0.6) is 0 Å². The van der Waals surface area contributed by atoms with Gasteiger partial charge in [-0.1, -0.05) is 12.1 Å². The Morgan fingerprint density at radius 3 is 3.17 bits per heavy atom. The number of likely N-dealkylation sites (N-methyl/N-ethyl adjacent to an activating group) is 1. The molecule has 1 fully saturated rings. The van der Waals surface area contributed by atoms with Gasteiger partial charge in [-0.3, -0.25) is 0 Å². The van der Waals surface area contributed by atoms with Gasteiger partial charge in [0.1, 0.15) is 0 Å². The van der Waals surface area contributed by atoms with Crippen molar-refractivity contribution in [1.29, 1.82) is 0 Å². The van der Waals surface area contributed by atoms with Crippen molar-refractivity contribution in [1.82, 2.24) is 4.90 Å². The van der Waals surface area contributed by atoms with Gasteiger partial charge in [-0.2, -0.15) is 0 Å². The van der Waals surface area contributed by atoms with E-state index in [1.165, 1.54) is 43.1 Å². The summed E-state index contributed by atoms with van der Waals surface area (Å²) in [5.41, 5.74) is 3.21. The van der Waals surface area contributed by atoms with Gasteiger partial charge < -0.3 is 9.80 Å². The molecule has 0 N–H and O–H groups in total. The quantitative estimate of drug-likeness (QED) is 0.708. The molecule has 0 aliphatic carbocycles. The second-order valence-electron chi connectivity index (χ2n) is 5.81. The van der Waals surface area contributed by atoms with Crippen molar-refractivity contribution in [2.75, 3.05) is 37.3 Å². The zero-order chi connectivity index (χ0) is 12.1. The minimum absolute atomic E-state index is 0.748. The summed E-state index contributed by atoms with van der Waals surface area (Å²) in [7, 11) is 2.27. The van der Waals surface area contributed by atoms with Gasteiger partial charge in [0, 0.05) is 29.9 Å². The van der Waals surface area contributed by atoms with E-state index < -0.39 is 0 Å². The van der Waals surface area contributed by atoms with Gasteiger partial charge in [-0.15, -0.1) is 11.8 Å². The third-order valence-corrected chi connectivity index (χ3v) is 5.83. The first kappa shape index (κ1) is 11.2. The Morgan fingerprint density at radius 1 is 1.28 bits per heavy atom. The zero-order valence-corrected chi connectivity index (χ0v) is 11.7. The lowest BCUT2D eigenvalue weighted by Gasteiger charge is -2.37. The number of anilines is 1. The van der Waals surface area contributed by atoms with Crippen LogP contribution in [0.3, 0.4) is 0 Å². The number of nitrogens with zero attached hydrogens (tertiary/aromatic N) is 2. The molecular formula is C15H20N2S. The van der Waals surface area contributed by atoms with E-state index in [0.717, 1.165) is 12.0 Å². The molecule has 4 rings (SSSR count). The number of para-hydroxylation sites is 1. The maximum Gasteiger partial charge on any atom is 0.0543 e. The van der Waals surface area contributed by atoms with Crippen LogP contribution in [0.4, 0.5) is 5.69 Å². The third-order valence-electron chi connectivity index (χ3n) is 4.70. The molecule has 2 nitrogen and oxygen atoms in total. The number of fused-ring (bicyclic) bond motifs is 3. The van der Waals surface area contributed by atoms with E-state index in [2.05, 4.69) is 46.8 Å². The molecule has 3 heteroatoms. The smallest absolute Gasteiger partial charge is 0.0543 e. The number of thioether (sulfide) groups is 1. The minimum Gasteiger partial charge on any atom is -0.367 e. The highest BCUT2D eigenvalue weighted by Gasteiger charge is 2.42. The Bertz CT molecular complexity index is 474. The zero-order valence-electron chi connectivity index (χ0n) is 10.9. The van der Waals surface area contributed by atoms with Gasteiger partial charge >= 0.3 is 0 Å². The molecule has 0 bridgehead atoms. The molecule has 2 atom stereocenters. The molecule has 0 aromatic heterocycles. The average molecular weight is 260 g/mol. The number of likely N-dealkylation sites (tertiary alicyclic amines) is 1. The molecule has 3 aliphatic rings. The largest absolute Gasteiger partial charge is 0.367 e. The molecular weight excluding hydrogens is 240 g/mol. The van der Waals surface area contributed by atoms with Gasteiger partial charge in [0.25, 0.3) is 0 Å². The van der Waals surface area contributed by atoms with Crippen molar-refractivity contribution in [3.63, 3.8) is 0 Å². The SMILES string of the molecule is CN1CC[C@@H]2[C@@H](C1)c1cccc3c1N2CCCS3. The first-order chi connectivity index (χ1) is 8.84. The molecule has 1 saturated heterocycles. The summed E-state index contributed by atoms with van der Waals surface area (Å²) in [6.45, 7) is 3.76. The maximum absolute atomic E-state index is 2.74. The second-order valence-corrected chi connectivity index (χ2v) is 6.95. The van der Waals surface area contributed by atoms with E-state index in [0.29, 0.717) is 0 Å². The Kier molecular flexibility index (Phi) is 2.59. The normalized spacial score (nSPS) is 30.8. The van der Waals surface area contributed by atoms with Crippen LogP contribution in [0.25, 0.3) is 0 Å². The number of hydrogen-bond acceptors (Lipinski definition) is 3. The van der Waals surface area contributed by atoms with Crippen LogP contribution in [0.2, 0.25) is 0 Å². The summed E-state index contributed by atoms with van der Waals surface area (Å²) in [6.07, 6.45) is 2.66. The van der Waals surface area contributed by atoms with E-state index in [-0.39, 0.29) is 0 Å². The standard InChI is InChI=1S/C15H20N2S/c1-16-8-6-13-12(10-16)11-4-2-5-14-15(11)17(13)7-3-9-18-14/h2,4-5,12-13H,3,6-10H2,1H3/t12-,13+/m0/s1. The van der Waals surface area contributed by atoms with Crippen molar-refractivity contribution < 1.29 is 0 Å². The minimum atomic E-state index is 0.748. The number of piperidine rings is 1. The van der Waals surface area contributed by atoms with E-state index in [4.69, 9.17) is 0 Å². The van der Waals surface area contributed by atoms with Crippen LogP contribution in [0.1, 0.15) is 24.3 Å². The lowest BCUT2D eigenvalue weighted by atomic mass is 9.89. The van der Waals surface area contributed by atoms with Crippen LogP contribution >= 0.6 is 11.8 Å². The highest BCUT2D eigenvalue weighted by Crippen LogP contribution is 2.49. The van der Waals surface area contributed by atoms with Crippen molar-refractivity contribution in [3.8, 4) is 0 Å². The van der Waals surface area contributed by atoms with Crippen LogP contribution in [0, 0.1) is 0 Å². The fraction of sp³-hybridized carbons (Fsp3) is 0.600. The number of hydrogen-bond donors (Lipinski definition) is 0. The van der Waals surface area contributed by atoms with Gasteiger partial charge in [0.05, 0.1) is 5.69 Å². The van der Waals surface area contributed by atoms with E-state index >= 15 is 0 Å².